The number of benzene rings is 1. The number of ether oxygens (including phenoxy) is 1. The predicted octanol–water partition coefficient (Wildman–Crippen LogP) is 1.96. The van der Waals surface area contributed by atoms with Crippen molar-refractivity contribution in [3.05, 3.63) is 29.6 Å². The lowest BCUT2D eigenvalue weighted by Gasteiger charge is -2.25. The van der Waals surface area contributed by atoms with Gasteiger partial charge in [-0.15, -0.1) is 13.2 Å². The molecule has 1 aliphatic heterocycles. The number of hydrogen-bond acceptors (Lipinski definition) is 3. The summed E-state index contributed by atoms with van der Waals surface area (Å²) in [4.78, 5) is 0. The van der Waals surface area contributed by atoms with Crippen LogP contribution in [0.25, 0.3) is 0 Å². The number of alkyl halides is 3. The van der Waals surface area contributed by atoms with Gasteiger partial charge in [-0.3, -0.25) is 0 Å². The highest BCUT2D eigenvalue weighted by Gasteiger charge is 2.31. The molecule has 2 rings (SSSR count). The molecule has 3 nitrogen and oxygen atoms in total. The van der Waals surface area contributed by atoms with E-state index in [0.29, 0.717) is 13.1 Å². The molecule has 18 heavy (non-hydrogen) atoms. The molecule has 0 saturated carbocycles. The Labute approximate surface area is 101 Å². The van der Waals surface area contributed by atoms with Crippen molar-refractivity contribution in [2.24, 2.45) is 0 Å². The normalized spacial score (nSPS) is 20.8. The van der Waals surface area contributed by atoms with E-state index in [2.05, 4.69) is 15.4 Å². The Bertz CT molecular complexity index is 416. The van der Waals surface area contributed by atoms with Crippen LogP contribution in [-0.2, 0) is 0 Å². The van der Waals surface area contributed by atoms with Gasteiger partial charge in [0, 0.05) is 31.2 Å². The van der Waals surface area contributed by atoms with E-state index >= 15 is 0 Å². The molecule has 1 saturated heterocycles. The van der Waals surface area contributed by atoms with Gasteiger partial charge in [0.05, 0.1) is 0 Å². The highest BCUT2D eigenvalue weighted by molar-refractivity contribution is 5.32. The van der Waals surface area contributed by atoms with Crippen molar-refractivity contribution in [3.63, 3.8) is 0 Å². The van der Waals surface area contributed by atoms with Crippen LogP contribution < -0.4 is 15.4 Å². The smallest absolute Gasteiger partial charge is 0.406 e. The second kappa shape index (κ2) is 5.11. The van der Waals surface area contributed by atoms with Gasteiger partial charge in [-0.25, -0.2) is 4.39 Å². The van der Waals surface area contributed by atoms with E-state index in [1.165, 1.54) is 0 Å². The molecule has 7 heteroatoms. The zero-order valence-corrected chi connectivity index (χ0v) is 9.35. The minimum absolute atomic E-state index is 0.170. The maximum atomic E-state index is 13.6. The Kier molecular flexibility index (Phi) is 3.72. The van der Waals surface area contributed by atoms with Crippen LogP contribution in [0, 0.1) is 5.82 Å². The molecule has 0 aromatic heterocycles. The fourth-order valence-electron chi connectivity index (χ4n) is 1.86. The van der Waals surface area contributed by atoms with Crippen LogP contribution in [0.2, 0.25) is 0 Å². The van der Waals surface area contributed by atoms with Crippen LogP contribution in [0.3, 0.4) is 0 Å². The third-order valence-corrected chi connectivity index (χ3v) is 2.62. The van der Waals surface area contributed by atoms with E-state index in [1.54, 1.807) is 0 Å². The minimum atomic E-state index is -4.77. The van der Waals surface area contributed by atoms with Gasteiger partial charge in [-0.2, -0.15) is 0 Å². The molecule has 0 aliphatic carbocycles. The first kappa shape index (κ1) is 13.1. The molecule has 0 radical (unpaired) electrons. The van der Waals surface area contributed by atoms with E-state index in [0.717, 1.165) is 24.7 Å². The first-order chi connectivity index (χ1) is 8.46. The van der Waals surface area contributed by atoms with Gasteiger partial charge in [0.2, 0.25) is 0 Å². The minimum Gasteiger partial charge on any atom is -0.406 e. The van der Waals surface area contributed by atoms with Crippen LogP contribution >= 0.6 is 0 Å². The quantitative estimate of drug-likeness (QED) is 0.801. The molecule has 100 valence electrons. The van der Waals surface area contributed by atoms with Gasteiger partial charge in [-0.05, 0) is 18.2 Å². The van der Waals surface area contributed by atoms with Crippen LogP contribution in [0.4, 0.5) is 17.6 Å². The Morgan fingerprint density at radius 1 is 1.22 bits per heavy atom. The summed E-state index contributed by atoms with van der Waals surface area (Å²) < 4.78 is 53.6. The summed E-state index contributed by atoms with van der Waals surface area (Å²) in [5.41, 5.74) is 0.170. The lowest BCUT2D eigenvalue weighted by Crippen LogP contribution is -2.43. The van der Waals surface area contributed by atoms with Crippen molar-refractivity contribution < 1.29 is 22.3 Å². The molecular weight excluding hydrogens is 252 g/mol. The van der Waals surface area contributed by atoms with Gasteiger partial charge in [0.1, 0.15) is 11.6 Å². The predicted molar refractivity (Wildman–Crippen MR) is 56.7 cm³/mol. The van der Waals surface area contributed by atoms with Crippen LogP contribution in [0.15, 0.2) is 18.2 Å². The SMILES string of the molecule is Fc1ccc(OC(F)(F)F)cc1[C@@H]1CNCCN1. The molecule has 1 atom stereocenters. The molecule has 1 aliphatic rings. The summed E-state index contributed by atoms with van der Waals surface area (Å²) in [7, 11) is 0. The van der Waals surface area contributed by atoms with Gasteiger partial charge < -0.3 is 15.4 Å². The zero-order chi connectivity index (χ0) is 13.2. The van der Waals surface area contributed by atoms with E-state index in [-0.39, 0.29) is 11.6 Å². The van der Waals surface area contributed by atoms with Gasteiger partial charge in [-0.1, -0.05) is 0 Å². The standard InChI is InChI=1S/C11H12F4N2O/c12-9-2-1-7(18-11(13,14)15)5-8(9)10-6-16-3-4-17-10/h1-2,5,10,16-17H,3-4,6H2/t10-/m0/s1. The summed E-state index contributed by atoms with van der Waals surface area (Å²) in [6.45, 7) is 1.84. The Balaban J connectivity index is 2.20. The summed E-state index contributed by atoms with van der Waals surface area (Å²) in [6.07, 6.45) is -4.77. The number of piperazine rings is 1. The Morgan fingerprint density at radius 2 is 2.00 bits per heavy atom. The third kappa shape index (κ3) is 3.33. The fourth-order valence-corrected chi connectivity index (χ4v) is 1.86. The van der Waals surface area contributed by atoms with Crippen molar-refractivity contribution in [2.45, 2.75) is 12.4 Å². The van der Waals surface area contributed by atoms with Gasteiger partial charge in [0.15, 0.2) is 0 Å². The van der Waals surface area contributed by atoms with Crippen molar-refractivity contribution >= 4 is 0 Å². The Morgan fingerprint density at radius 3 is 2.61 bits per heavy atom. The van der Waals surface area contributed by atoms with Crippen LogP contribution in [0.5, 0.6) is 5.75 Å². The molecule has 0 amide bonds. The molecule has 0 unspecified atom stereocenters. The van der Waals surface area contributed by atoms with Crippen LogP contribution in [0.1, 0.15) is 11.6 Å². The summed E-state index contributed by atoms with van der Waals surface area (Å²) >= 11 is 0. The molecule has 1 aromatic carbocycles. The largest absolute Gasteiger partial charge is 0.573 e. The van der Waals surface area contributed by atoms with Gasteiger partial charge in [0.25, 0.3) is 0 Å². The molecule has 2 N–H and O–H groups in total. The van der Waals surface area contributed by atoms with Gasteiger partial charge >= 0.3 is 6.36 Å². The Hall–Kier alpha value is -1.34. The zero-order valence-electron chi connectivity index (χ0n) is 9.35. The molecular formula is C11H12F4N2O. The highest BCUT2D eigenvalue weighted by atomic mass is 19.4. The average Bonchev–Trinajstić information content (AvgIpc) is 2.31. The second-order valence-corrected chi connectivity index (χ2v) is 3.94. The maximum absolute atomic E-state index is 13.6. The van der Waals surface area contributed by atoms with Crippen LogP contribution in [-0.4, -0.2) is 26.0 Å². The number of hydrogen-bond donors (Lipinski definition) is 2. The fraction of sp³-hybridized carbons (Fsp3) is 0.455. The molecule has 0 spiro atoms. The number of nitrogens with one attached hydrogen (secondary N) is 2. The van der Waals surface area contributed by atoms with Crippen molar-refractivity contribution in [2.75, 3.05) is 19.6 Å². The van der Waals surface area contributed by atoms with Crippen molar-refractivity contribution in [1.82, 2.24) is 10.6 Å². The first-order valence-electron chi connectivity index (χ1n) is 5.45. The topological polar surface area (TPSA) is 33.3 Å². The van der Waals surface area contributed by atoms with E-state index in [1.807, 2.05) is 0 Å². The average molecular weight is 264 g/mol. The molecule has 1 aromatic rings. The monoisotopic (exact) mass is 264 g/mol. The highest BCUT2D eigenvalue weighted by Crippen LogP contribution is 2.27. The summed E-state index contributed by atoms with van der Waals surface area (Å²) in [5, 5.41) is 6.06. The number of halogens is 4. The summed E-state index contributed by atoms with van der Waals surface area (Å²) in [6, 6.07) is 2.67. The number of rotatable bonds is 2. The lowest BCUT2D eigenvalue weighted by atomic mass is 10.0. The maximum Gasteiger partial charge on any atom is 0.573 e. The molecule has 0 bridgehead atoms. The van der Waals surface area contributed by atoms with Crippen molar-refractivity contribution in [1.29, 1.82) is 0 Å². The summed E-state index contributed by atoms with van der Waals surface area (Å²) in [5.74, 6) is -0.961. The van der Waals surface area contributed by atoms with E-state index in [4.69, 9.17) is 0 Å². The van der Waals surface area contributed by atoms with E-state index in [9.17, 15) is 17.6 Å². The first-order valence-corrected chi connectivity index (χ1v) is 5.45. The third-order valence-electron chi connectivity index (χ3n) is 2.62. The lowest BCUT2D eigenvalue weighted by molar-refractivity contribution is -0.274. The van der Waals surface area contributed by atoms with E-state index < -0.39 is 17.9 Å². The molecule has 1 fully saturated rings. The molecule has 1 heterocycles. The second-order valence-electron chi connectivity index (χ2n) is 3.94. The van der Waals surface area contributed by atoms with Crippen molar-refractivity contribution in [3.8, 4) is 5.75 Å².